The highest BCUT2D eigenvalue weighted by Crippen LogP contribution is 2.31. The quantitative estimate of drug-likeness (QED) is 0.542. The average Bonchev–Trinajstić information content (AvgIpc) is 3.06. The Morgan fingerprint density at radius 3 is 2.47 bits per heavy atom. The standard InChI is InChI=1S/C22H20F3NO4/c1-13-3-4-15(5-10-20(27)28)11-18(13)29-12-19-14(2)26-21(30-19)16-6-8-17(9-7-16)22(23,24)25/h3-4,6-9,11H,5,10,12H2,1-2H3,(H,27,28). The van der Waals surface area contributed by atoms with E-state index in [9.17, 15) is 18.0 Å². The van der Waals surface area contributed by atoms with Crippen LogP contribution in [0, 0.1) is 13.8 Å². The molecule has 8 heteroatoms. The largest absolute Gasteiger partial charge is 0.485 e. The summed E-state index contributed by atoms with van der Waals surface area (Å²) in [4.78, 5) is 15.0. The number of hydrogen-bond acceptors (Lipinski definition) is 4. The Morgan fingerprint density at radius 2 is 1.83 bits per heavy atom. The molecule has 1 aromatic heterocycles. The number of carboxylic acids is 1. The number of benzene rings is 2. The highest BCUT2D eigenvalue weighted by molar-refractivity contribution is 5.67. The van der Waals surface area contributed by atoms with Crippen molar-refractivity contribution in [1.29, 1.82) is 0 Å². The minimum atomic E-state index is -4.40. The van der Waals surface area contributed by atoms with Gasteiger partial charge in [0.2, 0.25) is 5.89 Å². The molecule has 0 atom stereocenters. The van der Waals surface area contributed by atoms with Crippen molar-refractivity contribution in [1.82, 2.24) is 4.98 Å². The van der Waals surface area contributed by atoms with E-state index in [4.69, 9.17) is 14.3 Å². The van der Waals surface area contributed by atoms with E-state index in [2.05, 4.69) is 4.98 Å². The molecule has 30 heavy (non-hydrogen) atoms. The van der Waals surface area contributed by atoms with Gasteiger partial charge in [0, 0.05) is 12.0 Å². The Labute approximate surface area is 171 Å². The Morgan fingerprint density at radius 1 is 1.13 bits per heavy atom. The molecular formula is C22H20F3NO4. The molecule has 0 saturated carbocycles. The fraction of sp³-hybridized carbons (Fsp3) is 0.273. The summed E-state index contributed by atoms with van der Waals surface area (Å²) in [5, 5.41) is 8.83. The molecule has 0 saturated heterocycles. The van der Waals surface area contributed by atoms with Crippen LogP contribution in [0.5, 0.6) is 5.75 Å². The minimum Gasteiger partial charge on any atom is -0.485 e. The Hall–Kier alpha value is -3.29. The molecule has 0 bridgehead atoms. The monoisotopic (exact) mass is 419 g/mol. The number of aryl methyl sites for hydroxylation is 3. The first-order chi connectivity index (χ1) is 14.1. The molecule has 2 aromatic carbocycles. The van der Waals surface area contributed by atoms with Gasteiger partial charge in [0.1, 0.15) is 12.4 Å². The highest BCUT2D eigenvalue weighted by atomic mass is 19.4. The van der Waals surface area contributed by atoms with Crippen molar-refractivity contribution in [2.24, 2.45) is 0 Å². The van der Waals surface area contributed by atoms with Crippen molar-refractivity contribution in [2.75, 3.05) is 0 Å². The van der Waals surface area contributed by atoms with Crippen LogP contribution in [0.3, 0.4) is 0 Å². The average molecular weight is 419 g/mol. The van der Waals surface area contributed by atoms with Gasteiger partial charge in [-0.1, -0.05) is 12.1 Å². The number of carbonyl (C=O) groups is 1. The normalized spacial score (nSPS) is 11.5. The molecule has 0 amide bonds. The van der Waals surface area contributed by atoms with E-state index in [0.717, 1.165) is 23.3 Å². The van der Waals surface area contributed by atoms with Gasteiger partial charge in [0.05, 0.1) is 11.3 Å². The van der Waals surface area contributed by atoms with Gasteiger partial charge in [-0.15, -0.1) is 0 Å². The highest BCUT2D eigenvalue weighted by Gasteiger charge is 2.30. The summed E-state index contributed by atoms with van der Waals surface area (Å²) >= 11 is 0. The lowest BCUT2D eigenvalue weighted by atomic mass is 10.1. The van der Waals surface area contributed by atoms with Crippen LogP contribution in [-0.2, 0) is 24.0 Å². The fourth-order valence-corrected chi connectivity index (χ4v) is 2.84. The lowest BCUT2D eigenvalue weighted by Crippen LogP contribution is -2.03. The third kappa shape index (κ3) is 5.20. The van der Waals surface area contributed by atoms with Crippen molar-refractivity contribution in [3.63, 3.8) is 0 Å². The van der Waals surface area contributed by atoms with E-state index in [0.29, 0.717) is 29.2 Å². The molecule has 0 unspecified atom stereocenters. The van der Waals surface area contributed by atoms with Crippen LogP contribution in [-0.4, -0.2) is 16.1 Å². The molecule has 158 valence electrons. The minimum absolute atomic E-state index is 0.0280. The predicted molar refractivity (Wildman–Crippen MR) is 103 cm³/mol. The van der Waals surface area contributed by atoms with Crippen LogP contribution in [0.15, 0.2) is 46.9 Å². The zero-order chi connectivity index (χ0) is 21.9. The van der Waals surface area contributed by atoms with Crippen molar-refractivity contribution in [2.45, 2.75) is 39.5 Å². The lowest BCUT2D eigenvalue weighted by molar-refractivity contribution is -0.138. The lowest BCUT2D eigenvalue weighted by Gasteiger charge is -2.10. The number of aliphatic carboxylic acids is 1. The van der Waals surface area contributed by atoms with Gasteiger partial charge in [-0.2, -0.15) is 13.2 Å². The second-order valence-corrected chi connectivity index (χ2v) is 6.88. The zero-order valence-corrected chi connectivity index (χ0v) is 16.4. The number of halogens is 3. The summed E-state index contributed by atoms with van der Waals surface area (Å²) in [5.41, 5.74) is 2.00. The van der Waals surface area contributed by atoms with E-state index in [1.54, 1.807) is 13.0 Å². The van der Waals surface area contributed by atoms with Gasteiger partial charge in [-0.25, -0.2) is 4.98 Å². The maximum Gasteiger partial charge on any atom is 0.416 e. The number of rotatable bonds is 7. The van der Waals surface area contributed by atoms with Gasteiger partial charge in [0.25, 0.3) is 0 Å². The van der Waals surface area contributed by atoms with Crippen molar-refractivity contribution in [3.8, 4) is 17.2 Å². The first-order valence-corrected chi connectivity index (χ1v) is 9.21. The van der Waals surface area contributed by atoms with Gasteiger partial charge in [0.15, 0.2) is 5.76 Å². The molecule has 5 nitrogen and oxygen atoms in total. The van der Waals surface area contributed by atoms with Gasteiger partial charge in [-0.3, -0.25) is 4.79 Å². The van der Waals surface area contributed by atoms with Crippen LogP contribution in [0.4, 0.5) is 13.2 Å². The van der Waals surface area contributed by atoms with Crippen LogP contribution >= 0.6 is 0 Å². The third-order valence-electron chi connectivity index (χ3n) is 4.59. The second-order valence-electron chi connectivity index (χ2n) is 6.88. The van der Waals surface area contributed by atoms with Crippen molar-refractivity contribution < 1.29 is 32.2 Å². The summed E-state index contributed by atoms with van der Waals surface area (Å²) in [7, 11) is 0. The first-order valence-electron chi connectivity index (χ1n) is 9.21. The molecule has 1 N–H and O–H groups in total. The summed E-state index contributed by atoms with van der Waals surface area (Å²) in [6, 6.07) is 10.1. The molecule has 0 aliphatic rings. The molecule has 0 fully saturated rings. The number of alkyl halides is 3. The second kappa shape index (κ2) is 8.61. The molecule has 0 aliphatic heterocycles. The molecule has 0 spiro atoms. The van der Waals surface area contributed by atoms with E-state index in [-0.39, 0.29) is 18.9 Å². The van der Waals surface area contributed by atoms with E-state index >= 15 is 0 Å². The maximum atomic E-state index is 12.7. The molecule has 1 heterocycles. The molecule has 0 aliphatic carbocycles. The molecule has 3 aromatic rings. The maximum absolute atomic E-state index is 12.7. The van der Waals surface area contributed by atoms with Crippen LogP contribution in [0.1, 0.15) is 34.6 Å². The van der Waals surface area contributed by atoms with Gasteiger partial charge >= 0.3 is 12.1 Å². The first kappa shape index (κ1) is 21.4. The smallest absolute Gasteiger partial charge is 0.416 e. The van der Waals surface area contributed by atoms with Gasteiger partial charge < -0.3 is 14.3 Å². The Balaban J connectivity index is 1.72. The van der Waals surface area contributed by atoms with Crippen LogP contribution in [0.25, 0.3) is 11.5 Å². The summed E-state index contributed by atoms with van der Waals surface area (Å²) in [6.45, 7) is 3.69. The zero-order valence-electron chi connectivity index (χ0n) is 16.4. The number of aromatic nitrogens is 1. The fourth-order valence-electron chi connectivity index (χ4n) is 2.84. The Bertz CT molecular complexity index is 1040. The number of oxazole rings is 1. The summed E-state index contributed by atoms with van der Waals surface area (Å²) < 4.78 is 49.7. The van der Waals surface area contributed by atoms with E-state index in [1.165, 1.54) is 12.1 Å². The predicted octanol–water partition coefficient (Wildman–Crippen LogP) is 5.57. The van der Waals surface area contributed by atoms with Crippen LogP contribution in [0.2, 0.25) is 0 Å². The summed E-state index contributed by atoms with van der Waals surface area (Å²) in [6.07, 6.45) is -3.98. The Kier molecular flexibility index (Phi) is 6.14. The third-order valence-corrected chi connectivity index (χ3v) is 4.59. The molecule has 0 radical (unpaired) electrons. The SMILES string of the molecule is Cc1ccc(CCC(=O)O)cc1OCc1oc(-c2ccc(C(F)(F)F)cc2)nc1C. The molecular weight excluding hydrogens is 399 g/mol. The molecule has 3 rings (SSSR count). The van der Waals surface area contributed by atoms with Crippen molar-refractivity contribution in [3.05, 3.63) is 70.6 Å². The summed E-state index contributed by atoms with van der Waals surface area (Å²) in [5.74, 6) is 0.405. The number of hydrogen-bond donors (Lipinski definition) is 1. The van der Waals surface area contributed by atoms with Crippen LogP contribution < -0.4 is 4.74 Å². The number of ether oxygens (including phenoxy) is 1. The van der Waals surface area contributed by atoms with E-state index < -0.39 is 17.7 Å². The topological polar surface area (TPSA) is 72.6 Å². The van der Waals surface area contributed by atoms with Gasteiger partial charge in [-0.05, 0) is 61.7 Å². The van der Waals surface area contributed by atoms with E-state index in [1.807, 2.05) is 19.1 Å². The number of carboxylic acid groups (broad SMARTS) is 1. The number of nitrogens with zero attached hydrogens (tertiary/aromatic N) is 1. The van der Waals surface area contributed by atoms with Crippen molar-refractivity contribution >= 4 is 5.97 Å².